The number of hydrogen-bond acceptors (Lipinski definition) is 7. The van der Waals surface area contributed by atoms with Crippen LogP contribution in [0.2, 0.25) is 0 Å². The lowest BCUT2D eigenvalue weighted by Crippen LogP contribution is -2.57. The predicted octanol–water partition coefficient (Wildman–Crippen LogP) is 3.47. The van der Waals surface area contributed by atoms with Gasteiger partial charge in [0.1, 0.15) is 22.8 Å². The SMILES string of the molecule is CC[C@H](C)[C@H](NC(=O)[C@H]1CCCCN1C)C(=O)N[C@@H]1CCO[C@H](c2nc(C(=O)NCCc3ccccc3)cs2)C1. The van der Waals surface area contributed by atoms with Crippen LogP contribution in [0.15, 0.2) is 35.7 Å². The molecular weight excluding hydrogens is 526 g/mol. The zero-order valence-electron chi connectivity index (χ0n) is 23.9. The maximum atomic E-state index is 13.4. The zero-order chi connectivity index (χ0) is 28.5. The Morgan fingerprint density at radius 2 is 1.98 bits per heavy atom. The van der Waals surface area contributed by atoms with Crippen molar-refractivity contribution in [1.82, 2.24) is 25.8 Å². The molecule has 3 amide bonds. The van der Waals surface area contributed by atoms with Crippen molar-refractivity contribution in [2.45, 2.75) is 83.0 Å². The average molecular weight is 570 g/mol. The van der Waals surface area contributed by atoms with Gasteiger partial charge in [0.2, 0.25) is 11.8 Å². The molecule has 40 heavy (non-hydrogen) atoms. The molecule has 2 saturated heterocycles. The lowest BCUT2D eigenvalue weighted by Gasteiger charge is -2.34. The molecule has 4 rings (SSSR count). The molecule has 0 spiro atoms. The second-order valence-electron chi connectivity index (χ2n) is 11.0. The van der Waals surface area contributed by atoms with Gasteiger partial charge in [-0.3, -0.25) is 19.3 Å². The first-order chi connectivity index (χ1) is 19.4. The van der Waals surface area contributed by atoms with Crippen molar-refractivity contribution in [2.75, 3.05) is 26.7 Å². The van der Waals surface area contributed by atoms with Gasteiger partial charge in [-0.2, -0.15) is 0 Å². The number of nitrogens with one attached hydrogen (secondary N) is 3. The fourth-order valence-electron chi connectivity index (χ4n) is 5.34. The molecule has 0 unspecified atom stereocenters. The number of thiazole rings is 1. The van der Waals surface area contributed by atoms with Crippen molar-refractivity contribution in [3.63, 3.8) is 0 Å². The van der Waals surface area contributed by atoms with Gasteiger partial charge < -0.3 is 20.7 Å². The molecule has 1 aromatic carbocycles. The topological polar surface area (TPSA) is 113 Å². The van der Waals surface area contributed by atoms with Gasteiger partial charge in [-0.1, -0.05) is 57.0 Å². The summed E-state index contributed by atoms with van der Waals surface area (Å²) in [4.78, 5) is 45.7. The van der Waals surface area contributed by atoms with E-state index in [1.807, 2.05) is 51.2 Å². The molecule has 2 aliphatic rings. The highest BCUT2D eigenvalue weighted by atomic mass is 32.1. The maximum Gasteiger partial charge on any atom is 0.270 e. The Kier molecular flexibility index (Phi) is 11.1. The smallest absolute Gasteiger partial charge is 0.270 e. The summed E-state index contributed by atoms with van der Waals surface area (Å²) in [7, 11) is 1.97. The number of hydrogen-bond donors (Lipinski definition) is 3. The minimum atomic E-state index is -0.583. The molecule has 2 aromatic rings. The Hall–Kier alpha value is -2.82. The van der Waals surface area contributed by atoms with Gasteiger partial charge in [-0.05, 0) is 50.8 Å². The van der Waals surface area contributed by atoms with Crippen LogP contribution in [-0.4, -0.2) is 72.5 Å². The standard InChI is InChI=1S/C30H43N5O4S/c1-4-20(2)26(34-28(37)24-12-8-9-16-35(24)3)29(38)32-22-14-17-39-25(18-22)30-33-23(19-40-30)27(36)31-15-13-21-10-6-5-7-11-21/h5-7,10-11,19-20,22,24-26H,4,8-9,12-18H2,1-3H3,(H,31,36)(H,32,38)(H,34,37)/t20-,22+,24+,25-,26-/m0/s1. The summed E-state index contributed by atoms with van der Waals surface area (Å²) in [6, 6.07) is 9.16. The molecule has 1 aromatic heterocycles. The van der Waals surface area contributed by atoms with Gasteiger partial charge in [-0.25, -0.2) is 4.98 Å². The number of ether oxygens (including phenoxy) is 1. The number of likely N-dealkylation sites (N-methyl/N-ethyl adjacent to an activating group) is 1. The van der Waals surface area contributed by atoms with Gasteiger partial charge >= 0.3 is 0 Å². The van der Waals surface area contributed by atoms with Crippen molar-refractivity contribution < 1.29 is 19.1 Å². The molecule has 5 atom stereocenters. The highest BCUT2D eigenvalue weighted by Crippen LogP contribution is 2.30. The minimum absolute atomic E-state index is 0.00964. The third-order valence-electron chi connectivity index (χ3n) is 8.07. The molecule has 3 N–H and O–H groups in total. The molecule has 3 heterocycles. The van der Waals surface area contributed by atoms with Crippen LogP contribution >= 0.6 is 11.3 Å². The highest BCUT2D eigenvalue weighted by Gasteiger charge is 2.34. The summed E-state index contributed by atoms with van der Waals surface area (Å²) in [5, 5.41) is 11.7. The van der Waals surface area contributed by atoms with E-state index in [-0.39, 0.29) is 41.8 Å². The first-order valence-electron chi connectivity index (χ1n) is 14.6. The Morgan fingerprint density at radius 1 is 1.18 bits per heavy atom. The van der Waals surface area contributed by atoms with Crippen LogP contribution < -0.4 is 16.0 Å². The van der Waals surface area contributed by atoms with Gasteiger partial charge in [0.05, 0.1) is 6.04 Å². The molecule has 0 aliphatic carbocycles. The van der Waals surface area contributed by atoms with Crippen LogP contribution in [0.4, 0.5) is 0 Å². The van der Waals surface area contributed by atoms with Crippen molar-refractivity contribution >= 4 is 29.1 Å². The fourth-order valence-corrected chi connectivity index (χ4v) is 6.20. The average Bonchev–Trinajstić information content (AvgIpc) is 3.47. The van der Waals surface area contributed by atoms with Crippen LogP contribution in [0.1, 0.15) is 79.5 Å². The van der Waals surface area contributed by atoms with Crippen molar-refractivity contribution in [1.29, 1.82) is 0 Å². The van der Waals surface area contributed by atoms with Gasteiger partial charge in [0, 0.05) is 31.0 Å². The Labute approximate surface area is 241 Å². The van der Waals surface area contributed by atoms with E-state index in [0.717, 1.165) is 43.7 Å². The number of likely N-dealkylation sites (tertiary alicyclic amines) is 1. The van der Waals surface area contributed by atoms with Crippen molar-refractivity contribution in [3.8, 4) is 0 Å². The first-order valence-corrected chi connectivity index (χ1v) is 15.4. The summed E-state index contributed by atoms with van der Waals surface area (Å²) >= 11 is 1.40. The van der Waals surface area contributed by atoms with E-state index in [1.165, 1.54) is 16.9 Å². The zero-order valence-corrected chi connectivity index (χ0v) is 24.7. The molecule has 2 fully saturated rings. The highest BCUT2D eigenvalue weighted by molar-refractivity contribution is 7.09. The van der Waals surface area contributed by atoms with Crippen LogP contribution in [0.3, 0.4) is 0 Å². The number of carbonyl (C=O) groups excluding carboxylic acids is 3. The lowest BCUT2D eigenvalue weighted by molar-refractivity contribution is -0.134. The van der Waals surface area contributed by atoms with E-state index in [1.54, 1.807) is 5.38 Å². The summed E-state index contributed by atoms with van der Waals surface area (Å²) in [6.07, 6.45) is 5.45. The van der Waals surface area contributed by atoms with E-state index in [0.29, 0.717) is 31.7 Å². The van der Waals surface area contributed by atoms with E-state index < -0.39 is 6.04 Å². The number of aromatic nitrogens is 1. The molecule has 2 aliphatic heterocycles. The second-order valence-corrected chi connectivity index (χ2v) is 11.9. The number of benzene rings is 1. The quantitative estimate of drug-likeness (QED) is 0.382. The maximum absolute atomic E-state index is 13.4. The van der Waals surface area contributed by atoms with Crippen LogP contribution in [0.25, 0.3) is 0 Å². The summed E-state index contributed by atoms with van der Waals surface area (Å²) in [5.41, 5.74) is 1.55. The van der Waals surface area contributed by atoms with E-state index in [4.69, 9.17) is 4.74 Å². The lowest BCUT2D eigenvalue weighted by atomic mass is 9.95. The van der Waals surface area contributed by atoms with Crippen molar-refractivity contribution in [2.24, 2.45) is 5.92 Å². The van der Waals surface area contributed by atoms with Crippen LogP contribution in [0, 0.1) is 5.92 Å². The fraction of sp³-hybridized carbons (Fsp3) is 0.600. The van der Waals surface area contributed by atoms with E-state index in [2.05, 4.69) is 25.8 Å². The van der Waals surface area contributed by atoms with E-state index in [9.17, 15) is 14.4 Å². The van der Waals surface area contributed by atoms with Crippen molar-refractivity contribution in [3.05, 3.63) is 52.0 Å². The van der Waals surface area contributed by atoms with Gasteiger partial charge in [0.15, 0.2) is 0 Å². The second kappa shape index (κ2) is 14.7. The summed E-state index contributed by atoms with van der Waals surface area (Å²) < 4.78 is 5.98. The summed E-state index contributed by atoms with van der Waals surface area (Å²) in [5.74, 6) is -0.403. The van der Waals surface area contributed by atoms with Crippen LogP contribution in [-0.2, 0) is 20.7 Å². The molecule has 218 valence electrons. The molecular formula is C30H43N5O4S. The molecule has 0 radical (unpaired) electrons. The monoisotopic (exact) mass is 569 g/mol. The Balaban J connectivity index is 1.30. The summed E-state index contributed by atoms with van der Waals surface area (Å²) in [6.45, 7) is 5.96. The third-order valence-corrected chi connectivity index (χ3v) is 9.01. The Bertz CT molecular complexity index is 1130. The normalized spacial score (nSPS) is 23.1. The largest absolute Gasteiger partial charge is 0.371 e. The number of rotatable bonds is 11. The van der Waals surface area contributed by atoms with E-state index >= 15 is 0 Å². The predicted molar refractivity (Wildman–Crippen MR) is 156 cm³/mol. The third kappa shape index (κ3) is 8.11. The first kappa shape index (κ1) is 30.1. The minimum Gasteiger partial charge on any atom is -0.371 e. The number of carbonyl (C=O) groups is 3. The van der Waals surface area contributed by atoms with Gasteiger partial charge in [-0.15, -0.1) is 11.3 Å². The molecule has 10 heteroatoms. The molecule has 0 bridgehead atoms. The number of piperidine rings is 1. The number of nitrogens with zero attached hydrogens (tertiary/aromatic N) is 2. The molecule has 0 saturated carbocycles. The van der Waals surface area contributed by atoms with Gasteiger partial charge in [0.25, 0.3) is 5.91 Å². The van der Waals surface area contributed by atoms with Crippen LogP contribution in [0.5, 0.6) is 0 Å². The number of amides is 3. The Morgan fingerprint density at radius 3 is 2.73 bits per heavy atom. The molecule has 9 nitrogen and oxygen atoms in total.